The largest absolute Gasteiger partial charge is 0.493 e. The molecule has 7 nitrogen and oxygen atoms in total. The van der Waals surface area contributed by atoms with Crippen LogP contribution < -0.4 is 20.2 Å². The van der Waals surface area contributed by atoms with Gasteiger partial charge in [-0.2, -0.15) is 5.10 Å². The molecule has 0 atom stereocenters. The summed E-state index contributed by atoms with van der Waals surface area (Å²) in [5.74, 6) is -0.469. The van der Waals surface area contributed by atoms with Crippen LogP contribution in [0.1, 0.15) is 22.8 Å². The van der Waals surface area contributed by atoms with Gasteiger partial charge in [-0.1, -0.05) is 6.07 Å². The molecule has 0 heterocycles. The lowest BCUT2D eigenvalue weighted by molar-refractivity contribution is -0.120. The zero-order valence-corrected chi connectivity index (χ0v) is 15.2. The number of hydrazone groups is 1. The lowest BCUT2D eigenvalue weighted by atomic mass is 10.1. The van der Waals surface area contributed by atoms with Crippen LogP contribution in [0.4, 0.5) is 4.39 Å². The standard InChI is InChI=1S/C19H20FN3O4/c1-12(13-7-8-16(26-2)17(10-13)27-3)22-23-18(24)11-21-19(25)14-5-4-6-15(20)9-14/h4-10H,11H2,1-3H3,(H,21,25)(H,23,24)/b22-12-. The van der Waals surface area contributed by atoms with Crippen molar-refractivity contribution in [2.45, 2.75) is 6.92 Å². The van der Waals surface area contributed by atoms with E-state index in [-0.39, 0.29) is 12.1 Å². The number of methoxy groups -OCH3 is 2. The van der Waals surface area contributed by atoms with E-state index in [0.717, 1.165) is 11.6 Å². The number of benzene rings is 2. The summed E-state index contributed by atoms with van der Waals surface area (Å²) >= 11 is 0. The van der Waals surface area contributed by atoms with Gasteiger partial charge in [0.1, 0.15) is 5.82 Å². The summed E-state index contributed by atoms with van der Waals surface area (Å²) in [6.07, 6.45) is 0. The highest BCUT2D eigenvalue weighted by atomic mass is 19.1. The molecule has 0 aliphatic carbocycles. The highest BCUT2D eigenvalue weighted by Gasteiger charge is 2.09. The van der Waals surface area contributed by atoms with Gasteiger partial charge in [0, 0.05) is 11.1 Å². The highest BCUT2D eigenvalue weighted by Crippen LogP contribution is 2.27. The van der Waals surface area contributed by atoms with Crippen molar-refractivity contribution in [2.24, 2.45) is 5.10 Å². The summed E-state index contributed by atoms with van der Waals surface area (Å²) in [4.78, 5) is 23.7. The molecule has 2 N–H and O–H groups in total. The summed E-state index contributed by atoms with van der Waals surface area (Å²) in [6, 6.07) is 10.4. The first kappa shape index (κ1) is 19.9. The van der Waals surface area contributed by atoms with Crippen LogP contribution in [0.3, 0.4) is 0 Å². The van der Waals surface area contributed by atoms with Gasteiger partial charge in [-0.05, 0) is 43.3 Å². The van der Waals surface area contributed by atoms with Crippen LogP contribution in [0, 0.1) is 5.82 Å². The molecule has 0 saturated carbocycles. The molecule has 0 radical (unpaired) electrons. The number of hydrogen-bond donors (Lipinski definition) is 2. The van der Waals surface area contributed by atoms with E-state index in [0.29, 0.717) is 17.2 Å². The number of nitrogens with one attached hydrogen (secondary N) is 2. The summed E-state index contributed by atoms with van der Waals surface area (Å²) in [5.41, 5.74) is 3.76. The van der Waals surface area contributed by atoms with Gasteiger partial charge in [0.2, 0.25) is 0 Å². The Morgan fingerprint density at radius 1 is 1.04 bits per heavy atom. The number of rotatable bonds is 7. The molecule has 0 aliphatic rings. The minimum absolute atomic E-state index is 0.132. The van der Waals surface area contributed by atoms with Crippen LogP contribution in [0.25, 0.3) is 0 Å². The van der Waals surface area contributed by atoms with Gasteiger partial charge in [0.25, 0.3) is 11.8 Å². The summed E-state index contributed by atoms with van der Waals surface area (Å²) < 4.78 is 23.5. The van der Waals surface area contributed by atoms with E-state index in [1.165, 1.54) is 32.4 Å². The van der Waals surface area contributed by atoms with Crippen LogP contribution in [0.5, 0.6) is 11.5 Å². The lowest BCUT2D eigenvalue weighted by Crippen LogP contribution is -2.35. The molecule has 0 aromatic heterocycles. The fourth-order valence-corrected chi connectivity index (χ4v) is 2.20. The molecular formula is C19H20FN3O4. The lowest BCUT2D eigenvalue weighted by Gasteiger charge is -2.09. The average molecular weight is 373 g/mol. The van der Waals surface area contributed by atoms with E-state index >= 15 is 0 Å². The molecule has 27 heavy (non-hydrogen) atoms. The van der Waals surface area contributed by atoms with E-state index in [1.807, 2.05) is 0 Å². The number of nitrogens with zero attached hydrogens (tertiary/aromatic N) is 1. The molecule has 0 spiro atoms. The summed E-state index contributed by atoms with van der Waals surface area (Å²) in [5, 5.41) is 6.40. The average Bonchev–Trinajstić information content (AvgIpc) is 2.69. The van der Waals surface area contributed by atoms with Crippen molar-refractivity contribution in [1.29, 1.82) is 0 Å². The fraction of sp³-hybridized carbons (Fsp3) is 0.211. The smallest absolute Gasteiger partial charge is 0.259 e. The van der Waals surface area contributed by atoms with Crippen LogP contribution >= 0.6 is 0 Å². The van der Waals surface area contributed by atoms with Crippen molar-refractivity contribution < 1.29 is 23.5 Å². The monoisotopic (exact) mass is 373 g/mol. The molecule has 142 valence electrons. The zero-order valence-electron chi connectivity index (χ0n) is 15.2. The number of ether oxygens (including phenoxy) is 2. The maximum atomic E-state index is 13.1. The van der Waals surface area contributed by atoms with Crippen LogP contribution in [-0.4, -0.2) is 38.3 Å². The fourth-order valence-electron chi connectivity index (χ4n) is 2.20. The molecule has 2 amide bonds. The first-order valence-corrected chi connectivity index (χ1v) is 8.04. The Morgan fingerprint density at radius 3 is 2.44 bits per heavy atom. The molecule has 0 fully saturated rings. The predicted octanol–water partition coefficient (Wildman–Crippen LogP) is 2.11. The van der Waals surface area contributed by atoms with Gasteiger partial charge in [-0.25, -0.2) is 9.82 Å². The molecular weight excluding hydrogens is 353 g/mol. The third-order valence-corrected chi connectivity index (χ3v) is 3.65. The van der Waals surface area contributed by atoms with E-state index in [1.54, 1.807) is 25.1 Å². The number of carbonyl (C=O) groups is 2. The van der Waals surface area contributed by atoms with Gasteiger partial charge in [0.05, 0.1) is 26.5 Å². The number of carbonyl (C=O) groups excluding carboxylic acids is 2. The maximum Gasteiger partial charge on any atom is 0.259 e. The van der Waals surface area contributed by atoms with Crippen LogP contribution in [0.2, 0.25) is 0 Å². The minimum atomic E-state index is -0.551. The molecule has 0 unspecified atom stereocenters. The first-order chi connectivity index (χ1) is 12.9. The third kappa shape index (κ3) is 5.53. The quantitative estimate of drug-likeness (QED) is 0.575. The van der Waals surface area contributed by atoms with Crippen molar-refractivity contribution in [3.63, 3.8) is 0 Å². The Bertz CT molecular complexity index is 868. The van der Waals surface area contributed by atoms with Gasteiger partial charge < -0.3 is 14.8 Å². The number of hydrogen-bond acceptors (Lipinski definition) is 5. The van der Waals surface area contributed by atoms with Gasteiger partial charge in [0.15, 0.2) is 11.5 Å². The Kier molecular flexibility index (Phi) is 6.87. The molecule has 8 heteroatoms. The molecule has 0 bridgehead atoms. The van der Waals surface area contributed by atoms with Crippen LogP contribution in [-0.2, 0) is 4.79 Å². The minimum Gasteiger partial charge on any atom is -0.493 e. The summed E-state index contributed by atoms with van der Waals surface area (Å²) in [7, 11) is 3.06. The first-order valence-electron chi connectivity index (χ1n) is 8.04. The normalized spacial score (nSPS) is 10.9. The molecule has 2 rings (SSSR count). The van der Waals surface area contributed by atoms with Crippen molar-refractivity contribution >= 4 is 17.5 Å². The van der Waals surface area contributed by atoms with E-state index in [9.17, 15) is 14.0 Å². The van der Waals surface area contributed by atoms with E-state index in [4.69, 9.17) is 9.47 Å². The van der Waals surface area contributed by atoms with Crippen molar-refractivity contribution in [3.8, 4) is 11.5 Å². The number of halogens is 1. The zero-order chi connectivity index (χ0) is 19.8. The van der Waals surface area contributed by atoms with Crippen LogP contribution in [0.15, 0.2) is 47.6 Å². The Balaban J connectivity index is 1.93. The number of amides is 2. The Hall–Kier alpha value is -3.42. The molecule has 2 aromatic rings. The SMILES string of the molecule is COc1ccc(/C(C)=N\NC(=O)CNC(=O)c2cccc(F)c2)cc1OC. The predicted molar refractivity (Wildman–Crippen MR) is 98.6 cm³/mol. The second kappa shape index (κ2) is 9.33. The van der Waals surface area contributed by atoms with E-state index in [2.05, 4.69) is 15.8 Å². The van der Waals surface area contributed by atoms with Crippen molar-refractivity contribution in [3.05, 3.63) is 59.4 Å². The van der Waals surface area contributed by atoms with Gasteiger partial charge in [-0.3, -0.25) is 9.59 Å². The Morgan fingerprint density at radius 2 is 1.78 bits per heavy atom. The molecule has 0 saturated heterocycles. The van der Waals surface area contributed by atoms with Crippen molar-refractivity contribution in [1.82, 2.24) is 10.7 Å². The summed E-state index contributed by atoms with van der Waals surface area (Å²) in [6.45, 7) is 1.42. The third-order valence-electron chi connectivity index (χ3n) is 3.65. The molecule has 0 aliphatic heterocycles. The van der Waals surface area contributed by atoms with Crippen molar-refractivity contribution in [2.75, 3.05) is 20.8 Å². The Labute approximate surface area is 156 Å². The molecule has 2 aromatic carbocycles. The maximum absolute atomic E-state index is 13.1. The second-order valence-corrected chi connectivity index (χ2v) is 5.49. The topological polar surface area (TPSA) is 89.0 Å². The van der Waals surface area contributed by atoms with Gasteiger partial charge in [-0.15, -0.1) is 0 Å². The van der Waals surface area contributed by atoms with Gasteiger partial charge >= 0.3 is 0 Å². The second-order valence-electron chi connectivity index (χ2n) is 5.49. The highest BCUT2D eigenvalue weighted by molar-refractivity contribution is 6.00. The van der Waals surface area contributed by atoms with E-state index < -0.39 is 17.6 Å².